The van der Waals surface area contributed by atoms with E-state index >= 15 is 0 Å². The zero-order chi connectivity index (χ0) is 13.2. The van der Waals surface area contributed by atoms with Crippen molar-refractivity contribution in [2.24, 2.45) is 23.7 Å². The minimum Gasteiger partial charge on any atom is -0.314 e. The van der Waals surface area contributed by atoms with E-state index in [9.17, 15) is 0 Å². The van der Waals surface area contributed by atoms with Gasteiger partial charge < -0.3 is 10.2 Å². The third kappa shape index (κ3) is 3.72. The standard InChI is InChI=1S/C17H32N2/c1-3-19-10-8-14(9-11-19)13(2)18-12-17(15-4-5-15)16-6-7-16/h13-18H,3-12H2,1-2H3. The number of nitrogens with zero attached hydrogens (tertiary/aromatic N) is 1. The highest BCUT2D eigenvalue weighted by atomic mass is 15.1. The van der Waals surface area contributed by atoms with Crippen molar-refractivity contribution in [1.29, 1.82) is 0 Å². The molecule has 0 aromatic rings. The van der Waals surface area contributed by atoms with Crippen molar-refractivity contribution in [3.63, 3.8) is 0 Å². The maximum absolute atomic E-state index is 3.91. The lowest BCUT2D eigenvalue weighted by atomic mass is 9.89. The number of piperidine rings is 1. The zero-order valence-corrected chi connectivity index (χ0v) is 12.9. The molecule has 0 radical (unpaired) electrons. The number of hydrogen-bond donors (Lipinski definition) is 1. The van der Waals surface area contributed by atoms with Crippen molar-refractivity contribution < 1.29 is 0 Å². The molecule has 2 aliphatic carbocycles. The quantitative estimate of drug-likeness (QED) is 0.760. The Labute approximate surface area is 119 Å². The molecule has 0 spiro atoms. The van der Waals surface area contributed by atoms with Crippen LogP contribution in [0.25, 0.3) is 0 Å². The van der Waals surface area contributed by atoms with E-state index in [0.29, 0.717) is 0 Å². The first kappa shape index (κ1) is 13.9. The van der Waals surface area contributed by atoms with Crippen LogP contribution < -0.4 is 5.32 Å². The van der Waals surface area contributed by atoms with E-state index in [4.69, 9.17) is 0 Å². The van der Waals surface area contributed by atoms with E-state index in [0.717, 1.165) is 29.7 Å². The largest absolute Gasteiger partial charge is 0.314 e. The number of likely N-dealkylation sites (tertiary alicyclic amines) is 1. The first-order chi connectivity index (χ1) is 9.28. The predicted molar refractivity (Wildman–Crippen MR) is 81.2 cm³/mol. The number of hydrogen-bond acceptors (Lipinski definition) is 2. The summed E-state index contributed by atoms with van der Waals surface area (Å²) in [6.07, 6.45) is 8.88. The van der Waals surface area contributed by atoms with Gasteiger partial charge in [-0.1, -0.05) is 6.92 Å². The Kier molecular flexibility index (Phi) is 4.48. The Hall–Kier alpha value is -0.0800. The van der Waals surface area contributed by atoms with Gasteiger partial charge in [-0.3, -0.25) is 0 Å². The van der Waals surface area contributed by atoms with Crippen molar-refractivity contribution >= 4 is 0 Å². The van der Waals surface area contributed by atoms with Crippen LogP contribution in [0.1, 0.15) is 52.4 Å². The van der Waals surface area contributed by atoms with Crippen LogP contribution >= 0.6 is 0 Å². The van der Waals surface area contributed by atoms with Crippen LogP contribution in [0.2, 0.25) is 0 Å². The van der Waals surface area contributed by atoms with Crippen LogP contribution in [0.15, 0.2) is 0 Å². The van der Waals surface area contributed by atoms with Gasteiger partial charge in [0.1, 0.15) is 0 Å². The average Bonchev–Trinajstić information content (AvgIpc) is 3.31. The van der Waals surface area contributed by atoms with Crippen LogP contribution in [0, 0.1) is 23.7 Å². The fraction of sp³-hybridized carbons (Fsp3) is 1.00. The monoisotopic (exact) mass is 264 g/mol. The third-order valence-electron chi connectivity index (χ3n) is 5.92. The molecule has 1 heterocycles. The van der Waals surface area contributed by atoms with Crippen LogP contribution in [0.4, 0.5) is 0 Å². The molecule has 1 N–H and O–H groups in total. The summed E-state index contributed by atoms with van der Waals surface area (Å²) in [4.78, 5) is 2.60. The molecule has 0 amide bonds. The summed E-state index contributed by atoms with van der Waals surface area (Å²) >= 11 is 0. The first-order valence-corrected chi connectivity index (χ1v) is 8.73. The molecule has 3 aliphatic rings. The second-order valence-corrected chi connectivity index (χ2v) is 7.31. The van der Waals surface area contributed by atoms with Crippen molar-refractivity contribution in [1.82, 2.24) is 10.2 Å². The van der Waals surface area contributed by atoms with Gasteiger partial charge in [-0.05, 0) is 95.3 Å². The topological polar surface area (TPSA) is 15.3 Å². The fourth-order valence-corrected chi connectivity index (χ4v) is 4.02. The molecule has 19 heavy (non-hydrogen) atoms. The lowest BCUT2D eigenvalue weighted by Gasteiger charge is -2.35. The average molecular weight is 264 g/mol. The molecule has 2 saturated carbocycles. The van der Waals surface area contributed by atoms with Gasteiger partial charge in [0.2, 0.25) is 0 Å². The molecular weight excluding hydrogens is 232 g/mol. The van der Waals surface area contributed by atoms with Crippen LogP contribution in [-0.4, -0.2) is 37.1 Å². The van der Waals surface area contributed by atoms with Gasteiger partial charge in [-0.2, -0.15) is 0 Å². The van der Waals surface area contributed by atoms with Gasteiger partial charge >= 0.3 is 0 Å². The lowest BCUT2D eigenvalue weighted by Crippen LogP contribution is -2.43. The van der Waals surface area contributed by atoms with Crippen molar-refractivity contribution in [3.05, 3.63) is 0 Å². The van der Waals surface area contributed by atoms with E-state index in [1.54, 1.807) is 0 Å². The summed E-state index contributed by atoms with van der Waals surface area (Å²) < 4.78 is 0. The highest BCUT2D eigenvalue weighted by Gasteiger charge is 2.41. The van der Waals surface area contributed by atoms with Gasteiger partial charge in [0.05, 0.1) is 0 Å². The van der Waals surface area contributed by atoms with Gasteiger partial charge in [0.25, 0.3) is 0 Å². The van der Waals surface area contributed by atoms with Crippen molar-refractivity contribution in [2.45, 2.75) is 58.4 Å². The summed E-state index contributed by atoms with van der Waals surface area (Å²) in [5.41, 5.74) is 0. The molecule has 110 valence electrons. The maximum atomic E-state index is 3.91. The van der Waals surface area contributed by atoms with Gasteiger partial charge in [0, 0.05) is 6.04 Å². The molecule has 1 atom stereocenters. The van der Waals surface area contributed by atoms with E-state index < -0.39 is 0 Å². The Bertz CT molecular complexity index is 263. The highest BCUT2D eigenvalue weighted by Crippen LogP contribution is 2.48. The second-order valence-electron chi connectivity index (χ2n) is 7.31. The third-order valence-corrected chi connectivity index (χ3v) is 5.92. The molecule has 3 fully saturated rings. The predicted octanol–water partition coefficient (Wildman–Crippen LogP) is 3.13. The van der Waals surface area contributed by atoms with Crippen molar-refractivity contribution in [3.8, 4) is 0 Å². The Morgan fingerprint density at radius 3 is 2.00 bits per heavy atom. The van der Waals surface area contributed by atoms with Crippen molar-refractivity contribution in [2.75, 3.05) is 26.2 Å². The molecule has 1 aliphatic heterocycles. The molecule has 3 rings (SSSR count). The van der Waals surface area contributed by atoms with E-state index in [-0.39, 0.29) is 0 Å². The summed E-state index contributed by atoms with van der Waals surface area (Å²) in [6.45, 7) is 9.91. The minimum absolute atomic E-state index is 0.735. The second kappa shape index (κ2) is 6.13. The Morgan fingerprint density at radius 1 is 0.947 bits per heavy atom. The summed E-state index contributed by atoms with van der Waals surface area (Å²) in [6, 6.07) is 0.735. The molecule has 0 aromatic heterocycles. The SMILES string of the molecule is CCN1CCC(C(C)NCC(C2CC2)C2CC2)CC1. The molecule has 1 saturated heterocycles. The van der Waals surface area contributed by atoms with E-state index in [1.807, 2.05) is 0 Å². The fourth-order valence-electron chi connectivity index (χ4n) is 4.02. The molecule has 2 nitrogen and oxygen atoms in total. The molecular formula is C17H32N2. The van der Waals surface area contributed by atoms with Crippen LogP contribution in [0.5, 0.6) is 0 Å². The summed E-state index contributed by atoms with van der Waals surface area (Å²) in [5, 5.41) is 3.91. The van der Waals surface area contributed by atoms with Crippen LogP contribution in [0.3, 0.4) is 0 Å². The van der Waals surface area contributed by atoms with Gasteiger partial charge in [-0.15, -0.1) is 0 Å². The molecule has 0 aromatic carbocycles. The Balaban J connectivity index is 1.39. The van der Waals surface area contributed by atoms with Crippen LogP contribution in [-0.2, 0) is 0 Å². The lowest BCUT2D eigenvalue weighted by molar-refractivity contribution is 0.165. The summed E-state index contributed by atoms with van der Waals surface area (Å²) in [5.74, 6) is 4.13. The highest BCUT2D eigenvalue weighted by molar-refractivity contribution is 4.93. The first-order valence-electron chi connectivity index (χ1n) is 8.73. The molecule has 2 heteroatoms. The number of nitrogens with one attached hydrogen (secondary N) is 1. The zero-order valence-electron chi connectivity index (χ0n) is 12.9. The van der Waals surface area contributed by atoms with E-state index in [2.05, 4.69) is 24.1 Å². The minimum atomic E-state index is 0.735. The summed E-state index contributed by atoms with van der Waals surface area (Å²) in [7, 11) is 0. The smallest absolute Gasteiger partial charge is 0.00680 e. The van der Waals surface area contributed by atoms with Gasteiger partial charge in [-0.25, -0.2) is 0 Å². The number of rotatable bonds is 7. The van der Waals surface area contributed by atoms with Gasteiger partial charge in [0.15, 0.2) is 0 Å². The molecule has 0 bridgehead atoms. The normalized spacial score (nSPS) is 27.9. The Morgan fingerprint density at radius 2 is 1.53 bits per heavy atom. The molecule has 1 unspecified atom stereocenters. The maximum Gasteiger partial charge on any atom is 0.00680 e. The van der Waals surface area contributed by atoms with E-state index in [1.165, 1.54) is 64.7 Å².